The highest BCUT2D eigenvalue weighted by molar-refractivity contribution is 6.38. The maximum atomic E-state index is 5.35. The van der Waals surface area contributed by atoms with E-state index in [1.807, 2.05) is 0 Å². The first-order chi connectivity index (χ1) is 4.00. The Labute approximate surface area is 63.7 Å². The van der Waals surface area contributed by atoms with E-state index in [9.17, 15) is 0 Å². The van der Waals surface area contributed by atoms with Crippen LogP contribution in [0.15, 0.2) is 0 Å². The fourth-order valence-electron chi connectivity index (χ4n) is 0.539. The molecule has 9 heavy (non-hydrogen) atoms. The molecule has 0 aromatic heterocycles. The summed E-state index contributed by atoms with van der Waals surface area (Å²) in [5, 5.41) is 0.502. The first kappa shape index (κ1) is 9.39. The molecule has 0 N–H and O–H groups in total. The van der Waals surface area contributed by atoms with Crippen LogP contribution < -0.4 is 0 Å². The second-order valence-corrected chi connectivity index (χ2v) is 8.00. The van der Waals surface area contributed by atoms with E-state index < -0.39 is 0 Å². The third-order valence-electron chi connectivity index (χ3n) is 2.08. The summed E-state index contributed by atoms with van der Waals surface area (Å²) in [4.78, 5) is 0. The highest BCUT2D eigenvalue weighted by atomic mass is 28.3. The van der Waals surface area contributed by atoms with Crippen molar-refractivity contribution in [2.24, 2.45) is 5.92 Å². The molecule has 0 spiro atoms. The van der Waals surface area contributed by atoms with Crippen molar-refractivity contribution < 1.29 is 4.12 Å². The van der Waals surface area contributed by atoms with E-state index in [1.165, 1.54) is 0 Å². The third-order valence-corrected chi connectivity index (χ3v) is 4.79. The largest absolute Gasteiger partial charge is 0.468 e. The molecular formula is C6H18OSi2. The normalized spacial score (nSPS) is 14.3. The zero-order valence-corrected chi connectivity index (χ0v) is 10.6. The Balaban J connectivity index is 3.70. The summed E-state index contributed by atoms with van der Waals surface area (Å²) >= 11 is 0. The first-order valence-electron chi connectivity index (χ1n) is 3.49. The van der Waals surface area contributed by atoms with Gasteiger partial charge in [0, 0.05) is 0 Å². The van der Waals surface area contributed by atoms with E-state index in [1.54, 1.807) is 0 Å². The molecule has 0 fully saturated rings. The van der Waals surface area contributed by atoms with Crippen molar-refractivity contribution in [1.82, 2.24) is 0 Å². The molecule has 0 aromatic carbocycles. The molecule has 0 aromatic rings. The third kappa shape index (κ3) is 3.18. The van der Waals surface area contributed by atoms with Crippen LogP contribution in [0.3, 0.4) is 0 Å². The van der Waals surface area contributed by atoms with Gasteiger partial charge in [0.2, 0.25) is 0 Å². The molecule has 0 radical (unpaired) electrons. The van der Waals surface area contributed by atoms with Crippen LogP contribution in [-0.4, -0.2) is 20.2 Å². The molecule has 3 heteroatoms. The van der Waals surface area contributed by atoms with Crippen molar-refractivity contribution in [2.75, 3.05) is 0 Å². The van der Waals surface area contributed by atoms with E-state index in [4.69, 9.17) is 4.12 Å². The van der Waals surface area contributed by atoms with E-state index in [2.05, 4.69) is 27.7 Å². The monoisotopic (exact) mass is 162 g/mol. The molecule has 0 aliphatic carbocycles. The van der Waals surface area contributed by atoms with Gasteiger partial charge in [-0.15, -0.1) is 0 Å². The van der Waals surface area contributed by atoms with Crippen molar-refractivity contribution in [3.63, 3.8) is 0 Å². The molecule has 0 aliphatic heterocycles. The van der Waals surface area contributed by atoms with Crippen molar-refractivity contribution in [1.29, 1.82) is 0 Å². The van der Waals surface area contributed by atoms with Gasteiger partial charge in [-0.2, -0.15) is 0 Å². The molecule has 0 bridgehead atoms. The minimum absolute atomic E-state index is 0.236. The van der Waals surface area contributed by atoms with Gasteiger partial charge in [-0.25, -0.2) is 0 Å². The summed E-state index contributed by atoms with van der Waals surface area (Å²) < 4.78 is 5.35. The van der Waals surface area contributed by atoms with Crippen LogP contribution in [0.2, 0.25) is 5.04 Å². The number of hydrogen-bond donors (Lipinski definition) is 0. The van der Waals surface area contributed by atoms with E-state index in [0.717, 1.165) is 16.4 Å². The Bertz CT molecular complexity index is 81.1. The summed E-state index contributed by atoms with van der Waals surface area (Å²) in [5.41, 5.74) is 0. The zero-order valence-electron chi connectivity index (χ0n) is 7.19. The van der Waals surface area contributed by atoms with Crippen molar-refractivity contribution in [3.05, 3.63) is 0 Å². The maximum absolute atomic E-state index is 5.35. The van der Waals surface area contributed by atoms with E-state index in [0.29, 0.717) is 5.04 Å². The summed E-state index contributed by atoms with van der Waals surface area (Å²) in [7, 11) is 0.691. The van der Waals surface area contributed by atoms with Gasteiger partial charge in [-0.3, -0.25) is 0 Å². The summed E-state index contributed by atoms with van der Waals surface area (Å²) in [6.07, 6.45) is 0. The van der Waals surface area contributed by atoms with Crippen LogP contribution >= 0.6 is 0 Å². The molecule has 0 aliphatic rings. The Morgan fingerprint density at radius 3 is 2.00 bits per heavy atom. The summed E-state index contributed by atoms with van der Waals surface area (Å²) in [5.74, 6) is 0.776. The maximum Gasteiger partial charge on any atom is 0.151 e. The molecule has 0 unspecified atom stereocenters. The molecule has 0 amide bonds. The number of hydrogen-bond acceptors (Lipinski definition) is 1. The highest BCUT2D eigenvalue weighted by Gasteiger charge is 2.21. The second kappa shape index (κ2) is 3.53. The standard InChI is InChI=1S/C6H18OSi2/c1-5(2)6(3,4)9-7-8/h5H,9H2,1-4,8H3. The van der Waals surface area contributed by atoms with Gasteiger partial charge in [0.15, 0.2) is 9.76 Å². The Hall–Kier alpha value is 0.394. The van der Waals surface area contributed by atoms with Gasteiger partial charge in [-0.05, 0) is 11.0 Å². The molecule has 0 atom stereocenters. The number of rotatable bonds is 3. The second-order valence-electron chi connectivity index (χ2n) is 3.58. The Morgan fingerprint density at radius 2 is 1.89 bits per heavy atom. The van der Waals surface area contributed by atoms with Crippen LogP contribution in [0.4, 0.5) is 0 Å². The minimum Gasteiger partial charge on any atom is -0.468 e. The predicted octanol–water partition coefficient (Wildman–Crippen LogP) is 0.222. The van der Waals surface area contributed by atoms with Crippen molar-refractivity contribution in [2.45, 2.75) is 32.7 Å². The van der Waals surface area contributed by atoms with E-state index in [-0.39, 0.29) is 9.76 Å². The van der Waals surface area contributed by atoms with Gasteiger partial charge in [-0.1, -0.05) is 27.7 Å². The van der Waals surface area contributed by atoms with Crippen LogP contribution in [0, 0.1) is 5.92 Å². The molecule has 0 saturated heterocycles. The minimum atomic E-state index is -0.236. The molecule has 0 saturated carbocycles. The topological polar surface area (TPSA) is 9.23 Å². The van der Waals surface area contributed by atoms with Gasteiger partial charge in [0.25, 0.3) is 0 Å². The predicted molar refractivity (Wildman–Crippen MR) is 48.4 cm³/mol. The van der Waals surface area contributed by atoms with Crippen molar-refractivity contribution >= 4 is 20.2 Å². The van der Waals surface area contributed by atoms with Gasteiger partial charge in [0.1, 0.15) is 10.5 Å². The lowest BCUT2D eigenvalue weighted by atomic mass is 9.99. The van der Waals surface area contributed by atoms with Crippen LogP contribution in [0.1, 0.15) is 27.7 Å². The van der Waals surface area contributed by atoms with Gasteiger partial charge < -0.3 is 4.12 Å². The van der Waals surface area contributed by atoms with Gasteiger partial charge >= 0.3 is 0 Å². The molecule has 56 valence electrons. The lowest BCUT2D eigenvalue weighted by Crippen LogP contribution is -2.21. The average molecular weight is 162 g/mol. The van der Waals surface area contributed by atoms with Crippen LogP contribution in [0.5, 0.6) is 0 Å². The molecular weight excluding hydrogens is 144 g/mol. The lowest BCUT2D eigenvalue weighted by molar-refractivity contribution is 0.437. The zero-order chi connectivity index (χ0) is 7.49. The highest BCUT2D eigenvalue weighted by Crippen LogP contribution is 2.32. The molecule has 0 rings (SSSR count). The fourth-order valence-corrected chi connectivity index (χ4v) is 3.85. The Morgan fingerprint density at radius 1 is 1.44 bits per heavy atom. The smallest absolute Gasteiger partial charge is 0.151 e. The van der Waals surface area contributed by atoms with Crippen molar-refractivity contribution in [3.8, 4) is 0 Å². The quantitative estimate of drug-likeness (QED) is 0.540. The van der Waals surface area contributed by atoms with Crippen LogP contribution in [0.25, 0.3) is 0 Å². The molecule has 1 nitrogen and oxygen atoms in total. The lowest BCUT2D eigenvalue weighted by Gasteiger charge is -2.27. The van der Waals surface area contributed by atoms with E-state index >= 15 is 0 Å². The molecule has 0 heterocycles. The van der Waals surface area contributed by atoms with Gasteiger partial charge in [0.05, 0.1) is 0 Å². The SMILES string of the molecule is CC(C)C(C)(C)[SiH2]O[SiH3]. The first-order valence-corrected chi connectivity index (χ1v) is 5.59. The Kier molecular flexibility index (Phi) is 3.69. The van der Waals surface area contributed by atoms with Crippen LogP contribution in [-0.2, 0) is 4.12 Å². The fraction of sp³-hybridized carbons (Fsp3) is 1.00. The average Bonchev–Trinajstić information content (AvgIpc) is 1.65. The summed E-state index contributed by atoms with van der Waals surface area (Å²) in [6, 6.07) is 0. The summed E-state index contributed by atoms with van der Waals surface area (Å²) in [6.45, 7) is 9.16.